The third-order valence-electron chi connectivity index (χ3n) is 5.60. The molecule has 2 heterocycles. The van der Waals surface area contributed by atoms with Gasteiger partial charge in [-0.15, -0.1) is 10.2 Å². The molecule has 2 atom stereocenters. The maximum atomic E-state index is 12.5. The molecule has 4 rings (SSSR count). The van der Waals surface area contributed by atoms with E-state index in [1.807, 2.05) is 0 Å². The van der Waals surface area contributed by atoms with Crippen molar-refractivity contribution in [3.63, 3.8) is 0 Å². The van der Waals surface area contributed by atoms with E-state index in [1.165, 1.54) is 43.9 Å². The second-order valence-electron chi connectivity index (χ2n) is 7.21. The lowest BCUT2D eigenvalue weighted by Crippen LogP contribution is -2.45. The zero-order valence-corrected chi connectivity index (χ0v) is 14.3. The van der Waals surface area contributed by atoms with E-state index in [4.69, 9.17) is 5.84 Å². The van der Waals surface area contributed by atoms with E-state index in [0.717, 1.165) is 43.6 Å². The van der Waals surface area contributed by atoms with Crippen molar-refractivity contribution in [3.05, 3.63) is 5.82 Å². The third-order valence-corrected chi connectivity index (χ3v) is 6.53. The maximum Gasteiger partial charge on any atom is 0.233 e. The number of rotatable bonds is 4. The SMILES string of the molecule is Nn1c(SCC(=O)N2CC[C@H]3CCCC[C@H]3C2)nnc1C1CC1. The molecule has 1 aliphatic heterocycles. The summed E-state index contributed by atoms with van der Waals surface area (Å²) in [7, 11) is 0. The fourth-order valence-electron chi connectivity index (χ4n) is 4.05. The Bertz CT molecular complexity index is 585. The lowest BCUT2D eigenvalue weighted by atomic mass is 9.75. The highest BCUT2D eigenvalue weighted by molar-refractivity contribution is 7.99. The summed E-state index contributed by atoms with van der Waals surface area (Å²) in [6, 6.07) is 0. The highest BCUT2D eigenvalue weighted by Crippen LogP contribution is 2.39. The molecule has 7 heteroatoms. The van der Waals surface area contributed by atoms with Crippen molar-refractivity contribution in [2.45, 2.75) is 56.0 Å². The summed E-state index contributed by atoms with van der Waals surface area (Å²) in [5.74, 6) is 9.60. The molecule has 23 heavy (non-hydrogen) atoms. The van der Waals surface area contributed by atoms with Crippen LogP contribution >= 0.6 is 11.8 Å². The van der Waals surface area contributed by atoms with Crippen LogP contribution in [0.15, 0.2) is 5.16 Å². The Kier molecular flexibility index (Phi) is 4.22. The number of amides is 1. The molecule has 0 aromatic carbocycles. The first-order valence-corrected chi connectivity index (χ1v) is 9.82. The molecule has 3 aliphatic rings. The van der Waals surface area contributed by atoms with Gasteiger partial charge in [-0.05, 0) is 37.5 Å². The predicted octanol–water partition coefficient (Wildman–Crippen LogP) is 2.00. The average molecular weight is 335 g/mol. The van der Waals surface area contributed by atoms with Gasteiger partial charge in [0, 0.05) is 19.0 Å². The predicted molar refractivity (Wildman–Crippen MR) is 89.5 cm³/mol. The molecule has 2 saturated carbocycles. The Morgan fingerprint density at radius 3 is 2.70 bits per heavy atom. The van der Waals surface area contributed by atoms with Gasteiger partial charge in [0.15, 0.2) is 5.82 Å². The summed E-state index contributed by atoms with van der Waals surface area (Å²) in [5, 5.41) is 8.96. The van der Waals surface area contributed by atoms with E-state index >= 15 is 0 Å². The molecule has 3 fully saturated rings. The van der Waals surface area contributed by atoms with Crippen molar-refractivity contribution >= 4 is 17.7 Å². The Labute approximate surface area is 141 Å². The van der Waals surface area contributed by atoms with Crippen molar-refractivity contribution < 1.29 is 4.79 Å². The molecule has 2 N–H and O–H groups in total. The average Bonchev–Trinajstić information content (AvgIpc) is 3.36. The molecule has 0 spiro atoms. The first-order chi connectivity index (χ1) is 11.2. The van der Waals surface area contributed by atoms with Gasteiger partial charge in [-0.1, -0.05) is 31.0 Å². The standard InChI is InChI=1S/C16H25N5OS/c17-21-15(12-5-6-12)18-19-16(21)23-10-14(22)20-8-7-11-3-1-2-4-13(11)9-20/h11-13H,1-10,17H2/t11-,13+/m1/s1. The molecule has 6 nitrogen and oxygen atoms in total. The molecule has 1 amide bonds. The topological polar surface area (TPSA) is 77.0 Å². The molecule has 0 bridgehead atoms. The molecule has 0 unspecified atom stereocenters. The fourth-order valence-corrected chi connectivity index (χ4v) is 4.82. The van der Waals surface area contributed by atoms with Crippen molar-refractivity contribution in [2.75, 3.05) is 24.7 Å². The molecular formula is C16H25N5OS. The van der Waals surface area contributed by atoms with Crippen molar-refractivity contribution in [2.24, 2.45) is 11.8 Å². The zero-order chi connectivity index (χ0) is 15.8. The van der Waals surface area contributed by atoms with E-state index in [0.29, 0.717) is 16.8 Å². The summed E-state index contributed by atoms with van der Waals surface area (Å²) in [6.07, 6.45) is 8.84. The van der Waals surface area contributed by atoms with Crippen LogP contribution in [0.2, 0.25) is 0 Å². The number of carbonyl (C=O) groups excluding carboxylic acids is 1. The highest BCUT2D eigenvalue weighted by Gasteiger charge is 2.33. The van der Waals surface area contributed by atoms with Crippen molar-refractivity contribution in [1.29, 1.82) is 0 Å². The van der Waals surface area contributed by atoms with Crippen LogP contribution in [0.5, 0.6) is 0 Å². The van der Waals surface area contributed by atoms with Gasteiger partial charge >= 0.3 is 0 Å². The number of hydrogen-bond donors (Lipinski definition) is 1. The quantitative estimate of drug-likeness (QED) is 0.673. The molecule has 1 aromatic rings. The van der Waals surface area contributed by atoms with E-state index in [-0.39, 0.29) is 5.91 Å². The van der Waals surface area contributed by atoms with Gasteiger partial charge in [-0.25, -0.2) is 4.68 Å². The number of nitrogens with two attached hydrogens (primary N) is 1. The third kappa shape index (κ3) is 3.20. The smallest absolute Gasteiger partial charge is 0.233 e. The number of fused-ring (bicyclic) bond motifs is 1. The van der Waals surface area contributed by atoms with Crippen LogP contribution in [-0.2, 0) is 4.79 Å². The van der Waals surface area contributed by atoms with E-state index in [1.54, 1.807) is 4.68 Å². The van der Waals surface area contributed by atoms with Crippen LogP contribution < -0.4 is 5.84 Å². The van der Waals surface area contributed by atoms with Crippen molar-refractivity contribution in [3.8, 4) is 0 Å². The van der Waals surface area contributed by atoms with Crippen LogP contribution in [-0.4, -0.2) is 44.5 Å². The number of aromatic nitrogens is 3. The number of thioether (sulfide) groups is 1. The minimum Gasteiger partial charge on any atom is -0.342 e. The number of piperidine rings is 1. The molecule has 126 valence electrons. The summed E-state index contributed by atoms with van der Waals surface area (Å²) in [4.78, 5) is 14.6. The summed E-state index contributed by atoms with van der Waals surface area (Å²) >= 11 is 1.42. The van der Waals surface area contributed by atoms with Crippen LogP contribution in [0.25, 0.3) is 0 Å². The number of carbonyl (C=O) groups is 1. The Morgan fingerprint density at radius 1 is 1.13 bits per heavy atom. The molecular weight excluding hydrogens is 310 g/mol. The highest BCUT2D eigenvalue weighted by atomic mass is 32.2. The Balaban J connectivity index is 1.31. The van der Waals surface area contributed by atoms with Gasteiger partial charge in [-0.2, -0.15) is 0 Å². The lowest BCUT2D eigenvalue weighted by molar-refractivity contribution is -0.131. The summed E-state index contributed by atoms with van der Waals surface area (Å²) in [5.41, 5.74) is 0. The minimum absolute atomic E-state index is 0.218. The Morgan fingerprint density at radius 2 is 1.91 bits per heavy atom. The summed E-state index contributed by atoms with van der Waals surface area (Å²) in [6.45, 7) is 1.87. The second kappa shape index (κ2) is 6.34. The van der Waals surface area contributed by atoms with Crippen LogP contribution in [0.4, 0.5) is 0 Å². The van der Waals surface area contributed by atoms with Gasteiger partial charge in [0.1, 0.15) is 0 Å². The molecule has 0 radical (unpaired) electrons. The molecule has 2 aliphatic carbocycles. The van der Waals surface area contributed by atoms with Crippen LogP contribution in [0.1, 0.15) is 56.7 Å². The van der Waals surface area contributed by atoms with Gasteiger partial charge in [0.2, 0.25) is 11.1 Å². The summed E-state index contributed by atoms with van der Waals surface area (Å²) < 4.78 is 1.57. The van der Waals surface area contributed by atoms with Crippen LogP contribution in [0.3, 0.4) is 0 Å². The Hall–Kier alpha value is -1.24. The van der Waals surface area contributed by atoms with Gasteiger partial charge in [-0.3, -0.25) is 4.79 Å². The number of nitrogen functional groups attached to an aromatic ring is 1. The van der Waals surface area contributed by atoms with Gasteiger partial charge in [0.05, 0.1) is 5.75 Å². The minimum atomic E-state index is 0.218. The number of likely N-dealkylation sites (tertiary alicyclic amines) is 1. The maximum absolute atomic E-state index is 12.5. The van der Waals surface area contributed by atoms with E-state index in [9.17, 15) is 4.79 Å². The number of nitrogens with zero attached hydrogens (tertiary/aromatic N) is 4. The van der Waals surface area contributed by atoms with Gasteiger partial charge in [0.25, 0.3) is 0 Å². The first-order valence-electron chi connectivity index (χ1n) is 8.83. The van der Waals surface area contributed by atoms with E-state index < -0.39 is 0 Å². The molecule has 1 aromatic heterocycles. The fraction of sp³-hybridized carbons (Fsp3) is 0.812. The molecule has 1 saturated heterocycles. The van der Waals surface area contributed by atoms with Crippen molar-refractivity contribution in [1.82, 2.24) is 19.8 Å². The van der Waals surface area contributed by atoms with Gasteiger partial charge < -0.3 is 10.7 Å². The monoisotopic (exact) mass is 335 g/mol. The normalized spacial score (nSPS) is 27.7. The van der Waals surface area contributed by atoms with Crippen LogP contribution in [0, 0.1) is 11.8 Å². The lowest BCUT2D eigenvalue weighted by Gasteiger charge is -2.41. The first kappa shape index (κ1) is 15.3. The number of hydrogen-bond acceptors (Lipinski definition) is 5. The largest absolute Gasteiger partial charge is 0.342 e. The second-order valence-corrected chi connectivity index (χ2v) is 8.15. The van der Waals surface area contributed by atoms with E-state index in [2.05, 4.69) is 15.1 Å². The zero-order valence-electron chi connectivity index (χ0n) is 13.5.